The number of nitrogens with zero attached hydrogens (tertiary/aromatic N) is 2. The van der Waals surface area contributed by atoms with Crippen LogP contribution in [0.1, 0.15) is 24.3 Å². The van der Waals surface area contributed by atoms with Gasteiger partial charge in [0, 0.05) is 28.7 Å². The second-order valence-electron chi connectivity index (χ2n) is 12.2. The molecule has 2 heterocycles. The van der Waals surface area contributed by atoms with Crippen molar-refractivity contribution in [1.29, 1.82) is 0 Å². The molecule has 4 atom stereocenters. The number of aromatic nitrogens is 1. The third-order valence-corrected chi connectivity index (χ3v) is 10.4. The van der Waals surface area contributed by atoms with Crippen molar-refractivity contribution < 1.29 is 38.2 Å². The zero-order valence-corrected chi connectivity index (χ0v) is 27.3. The summed E-state index contributed by atoms with van der Waals surface area (Å²) >= 11 is 3.25. The van der Waals surface area contributed by atoms with Crippen LogP contribution in [-0.2, 0) is 19.2 Å². The molecule has 1 N–H and O–H groups in total. The van der Waals surface area contributed by atoms with Crippen LogP contribution in [0.2, 0.25) is 0 Å². The smallest absolute Gasteiger partial charge is 0.238 e. The molecule has 1 aromatic heterocycles. The van der Waals surface area contributed by atoms with Crippen molar-refractivity contribution in [1.82, 2.24) is 4.98 Å². The zero-order chi connectivity index (χ0) is 33.4. The van der Waals surface area contributed by atoms with Crippen molar-refractivity contribution in [2.45, 2.75) is 18.8 Å². The summed E-state index contributed by atoms with van der Waals surface area (Å²) in [6.45, 7) is 0. The summed E-state index contributed by atoms with van der Waals surface area (Å²) < 4.78 is 16.9. The number of hydrogen-bond acceptors (Lipinski definition) is 9. The van der Waals surface area contributed by atoms with E-state index in [9.17, 15) is 24.3 Å². The Hall–Kier alpha value is -5.29. The van der Waals surface area contributed by atoms with Crippen LogP contribution in [-0.4, -0.2) is 47.7 Å². The van der Waals surface area contributed by atoms with Gasteiger partial charge in [-0.25, -0.2) is 4.98 Å². The minimum atomic E-state index is -0.751. The molecule has 1 aliphatic heterocycles. The first-order valence-electron chi connectivity index (χ1n) is 15.4. The van der Waals surface area contributed by atoms with E-state index in [1.54, 1.807) is 36.4 Å². The van der Waals surface area contributed by atoms with Gasteiger partial charge in [-0.05, 0) is 88.8 Å². The molecule has 4 aromatic rings. The molecule has 0 unspecified atom stereocenters. The number of hydrogen-bond donors (Lipinski definition) is 1. The molecule has 3 aromatic carbocycles. The zero-order valence-electron chi connectivity index (χ0n) is 25.7. The number of amides is 2. The summed E-state index contributed by atoms with van der Waals surface area (Å²) in [4.78, 5) is 61.2. The molecular formula is C37H27BrN2O8. The lowest BCUT2D eigenvalue weighted by Gasteiger charge is -2.42. The summed E-state index contributed by atoms with van der Waals surface area (Å²) in [5.74, 6) is -3.50. The molecule has 48 heavy (non-hydrogen) atoms. The molecule has 8 rings (SSSR count). The fraction of sp³-hybridized carbons (Fsp3) is 0.216. The predicted octanol–water partition coefficient (Wildman–Crippen LogP) is 6.18. The molecule has 10 nitrogen and oxygen atoms in total. The minimum absolute atomic E-state index is 0.127. The molecule has 0 bridgehead atoms. The maximum Gasteiger partial charge on any atom is 0.238 e. The number of methoxy groups -OCH3 is 2. The number of benzene rings is 3. The number of carbonyl (C=O) groups is 4. The Balaban J connectivity index is 1.18. The molecule has 11 heteroatoms. The Morgan fingerprint density at radius 1 is 0.938 bits per heavy atom. The number of oxazole rings is 1. The van der Waals surface area contributed by atoms with Gasteiger partial charge < -0.3 is 19.0 Å². The molecule has 1 fully saturated rings. The molecule has 0 saturated carbocycles. The van der Waals surface area contributed by atoms with Gasteiger partial charge in [-0.1, -0.05) is 23.8 Å². The largest absolute Gasteiger partial charge is 0.502 e. The summed E-state index contributed by atoms with van der Waals surface area (Å²) in [5.41, 5.74) is 4.44. The van der Waals surface area contributed by atoms with Gasteiger partial charge in [0.1, 0.15) is 5.52 Å². The number of anilines is 1. The number of fused-ring (bicyclic) bond motifs is 4. The number of imide groups is 1. The molecular weight excluding hydrogens is 680 g/mol. The van der Waals surface area contributed by atoms with E-state index in [0.29, 0.717) is 39.4 Å². The van der Waals surface area contributed by atoms with E-state index in [1.807, 2.05) is 30.3 Å². The van der Waals surface area contributed by atoms with Crippen LogP contribution in [0.3, 0.4) is 0 Å². The second kappa shape index (κ2) is 11.2. The number of carbonyl (C=O) groups excluding carboxylic acids is 4. The summed E-state index contributed by atoms with van der Waals surface area (Å²) in [6.07, 6.45) is 3.61. The molecule has 3 aliphatic carbocycles. The Morgan fingerprint density at radius 2 is 1.65 bits per heavy atom. The van der Waals surface area contributed by atoms with Crippen molar-refractivity contribution in [3.63, 3.8) is 0 Å². The SMILES string of the molecule is COc1cc([C@H]2C3=CC[C@@H]4C(=O)N(c5ccc(-c6nc7ccccc7o6)cc5)C(=O)[C@@H]4[C@@H]3CC3=C2C(=O)C=C(Br)C3=O)cc(OC)c1O. The lowest BCUT2D eigenvalue weighted by atomic mass is 9.59. The Kier molecular flexibility index (Phi) is 6.99. The normalized spacial score (nSPS) is 23.5. The predicted molar refractivity (Wildman–Crippen MR) is 178 cm³/mol. The van der Waals surface area contributed by atoms with E-state index in [2.05, 4.69) is 20.9 Å². The highest BCUT2D eigenvalue weighted by Gasteiger charge is 2.56. The number of allylic oxidation sites excluding steroid dienone is 6. The van der Waals surface area contributed by atoms with Crippen LogP contribution in [0.5, 0.6) is 17.2 Å². The number of phenolic OH excluding ortho intramolecular Hbond substituents is 1. The van der Waals surface area contributed by atoms with Gasteiger partial charge in [0.2, 0.25) is 23.5 Å². The van der Waals surface area contributed by atoms with Crippen molar-refractivity contribution in [3.05, 3.63) is 99.6 Å². The lowest BCUT2D eigenvalue weighted by Crippen LogP contribution is -2.39. The van der Waals surface area contributed by atoms with E-state index < -0.39 is 23.7 Å². The highest BCUT2D eigenvalue weighted by atomic mass is 79.9. The summed E-state index contributed by atoms with van der Waals surface area (Å²) in [5, 5.41) is 10.6. The topological polar surface area (TPSA) is 136 Å². The average Bonchev–Trinajstić information content (AvgIpc) is 3.64. The maximum atomic E-state index is 14.3. The number of ketones is 2. The molecule has 2 amide bonds. The van der Waals surface area contributed by atoms with Crippen LogP contribution in [0.25, 0.3) is 22.6 Å². The number of aromatic hydroxyl groups is 1. The first-order valence-corrected chi connectivity index (χ1v) is 16.2. The van der Waals surface area contributed by atoms with Crippen molar-refractivity contribution in [2.75, 3.05) is 19.1 Å². The van der Waals surface area contributed by atoms with Crippen molar-refractivity contribution in [3.8, 4) is 28.7 Å². The quantitative estimate of drug-likeness (QED) is 0.146. The van der Waals surface area contributed by atoms with Gasteiger partial charge in [0.15, 0.2) is 28.6 Å². The van der Waals surface area contributed by atoms with Gasteiger partial charge >= 0.3 is 0 Å². The molecule has 4 aliphatic rings. The van der Waals surface area contributed by atoms with Crippen molar-refractivity contribution >= 4 is 56.1 Å². The lowest BCUT2D eigenvalue weighted by molar-refractivity contribution is -0.123. The third-order valence-electron chi connectivity index (χ3n) is 9.83. The van der Waals surface area contributed by atoms with Gasteiger partial charge in [-0.15, -0.1) is 0 Å². The first kappa shape index (κ1) is 30.1. The van der Waals surface area contributed by atoms with Crippen LogP contribution >= 0.6 is 15.9 Å². The number of ether oxygens (including phenoxy) is 2. The van der Waals surface area contributed by atoms with E-state index in [4.69, 9.17) is 13.9 Å². The molecule has 0 spiro atoms. The van der Waals surface area contributed by atoms with E-state index >= 15 is 0 Å². The number of rotatable bonds is 5. The summed E-state index contributed by atoms with van der Waals surface area (Å²) in [6, 6.07) is 17.6. The highest BCUT2D eigenvalue weighted by Crippen LogP contribution is 2.56. The Morgan fingerprint density at radius 3 is 2.33 bits per heavy atom. The average molecular weight is 708 g/mol. The number of Topliss-reactive ketones (excluding diaryl/α,β-unsaturated/α-hetero) is 1. The number of phenols is 1. The van der Waals surface area contributed by atoms with Crippen molar-refractivity contribution in [2.24, 2.45) is 17.8 Å². The Bertz CT molecular complexity index is 2140. The van der Waals surface area contributed by atoms with Gasteiger partial charge in [0.25, 0.3) is 0 Å². The number of halogens is 1. The van der Waals surface area contributed by atoms with E-state index in [1.165, 1.54) is 25.2 Å². The fourth-order valence-corrected chi connectivity index (χ4v) is 8.12. The molecule has 240 valence electrons. The standard InChI is InChI=1S/C37H27BrN2O8/c1-46-28-13-18(14-29(47-2)34(28)43)30-20-11-12-21-31(22(20)15-23-32(30)26(41)16-24(38)33(23)42)37(45)40(36(21)44)19-9-7-17(8-10-19)35-39-25-5-3-4-6-27(25)48-35/h3-11,13-14,16,21-22,30-31,43H,12,15H2,1-2H3/t21-,22+,30-,31-/m0/s1. The first-order chi connectivity index (χ1) is 23.2. The highest BCUT2D eigenvalue weighted by molar-refractivity contribution is 9.12. The number of para-hydroxylation sites is 2. The van der Waals surface area contributed by atoms with Crippen LogP contribution < -0.4 is 14.4 Å². The fourth-order valence-electron chi connectivity index (χ4n) is 7.67. The van der Waals surface area contributed by atoms with Gasteiger partial charge in [-0.3, -0.25) is 24.1 Å². The van der Waals surface area contributed by atoms with Gasteiger partial charge in [-0.2, -0.15) is 0 Å². The second-order valence-corrected chi connectivity index (χ2v) is 13.1. The minimum Gasteiger partial charge on any atom is -0.502 e. The van der Waals surface area contributed by atoms with Crippen LogP contribution in [0, 0.1) is 17.8 Å². The molecule has 0 radical (unpaired) electrons. The monoisotopic (exact) mass is 706 g/mol. The Labute approximate surface area is 282 Å². The van der Waals surface area contributed by atoms with Gasteiger partial charge in [0.05, 0.1) is 36.2 Å². The van der Waals surface area contributed by atoms with Crippen LogP contribution in [0.4, 0.5) is 5.69 Å². The third kappa shape index (κ3) is 4.41. The maximum absolute atomic E-state index is 14.3. The molecule has 1 saturated heterocycles. The van der Waals surface area contributed by atoms with Crippen LogP contribution in [0.15, 0.2) is 98.4 Å². The van der Waals surface area contributed by atoms with E-state index in [-0.39, 0.29) is 58.0 Å². The van der Waals surface area contributed by atoms with E-state index in [0.717, 1.165) is 11.1 Å². The summed E-state index contributed by atoms with van der Waals surface area (Å²) in [7, 11) is 2.81.